The maximum Gasteiger partial charge on any atom is 0.183 e. The van der Waals surface area contributed by atoms with E-state index in [0.29, 0.717) is 35.8 Å². The molecule has 0 aromatic rings. The van der Waals surface area contributed by atoms with Crippen molar-refractivity contribution in [1.82, 2.24) is 0 Å². The summed E-state index contributed by atoms with van der Waals surface area (Å²) in [5.74, 6) is 2.79. The molecule has 0 N–H and O–H groups in total. The monoisotopic (exact) mass is 564 g/mol. The highest BCUT2D eigenvalue weighted by Crippen LogP contribution is 2.37. The smallest absolute Gasteiger partial charge is 0.183 e. The Labute approximate surface area is 239 Å². The zero-order chi connectivity index (χ0) is 28.3. The third-order valence-corrected chi connectivity index (χ3v) is 11.2. The van der Waals surface area contributed by atoms with Gasteiger partial charge in [0.2, 0.25) is 0 Å². The van der Waals surface area contributed by atoms with Crippen LogP contribution in [0, 0.1) is 23.7 Å². The lowest BCUT2D eigenvalue weighted by Gasteiger charge is -2.37. The van der Waals surface area contributed by atoms with E-state index in [1.165, 1.54) is 75.6 Å². The van der Waals surface area contributed by atoms with Gasteiger partial charge in [0.25, 0.3) is 0 Å². The van der Waals surface area contributed by atoms with Gasteiger partial charge in [-0.15, -0.1) is 0 Å². The molecule has 0 aromatic heterocycles. The first-order valence-corrected chi connectivity index (χ1v) is 23.2. The average Bonchev–Trinajstić information content (AvgIpc) is 2.86. The fraction of sp³-hybridized carbons (Fsp3) is 0.938. The minimum Gasteiger partial charge on any atom is -0.417 e. The molecule has 0 amide bonds. The number of hydrogen-bond acceptors (Lipinski definition) is 4. The van der Waals surface area contributed by atoms with Gasteiger partial charge in [-0.25, -0.2) is 0 Å². The van der Waals surface area contributed by atoms with E-state index in [4.69, 9.17) is 18.8 Å². The van der Waals surface area contributed by atoms with Gasteiger partial charge < -0.3 is 8.85 Å². The largest absolute Gasteiger partial charge is 0.417 e. The van der Waals surface area contributed by atoms with Crippen LogP contribution >= 0.6 is 0 Å². The summed E-state index contributed by atoms with van der Waals surface area (Å²) >= 11 is 0. The van der Waals surface area contributed by atoms with Crippen molar-refractivity contribution in [3.8, 4) is 0 Å². The molecular formula is C32H64N2O2Si2. The summed E-state index contributed by atoms with van der Waals surface area (Å²) in [4.78, 5) is 11.4. The molecule has 0 spiro atoms. The first-order chi connectivity index (χ1) is 17.9. The highest BCUT2D eigenvalue weighted by molar-refractivity contribution is 6.70. The van der Waals surface area contributed by atoms with E-state index in [0.717, 1.165) is 26.1 Å². The summed E-state index contributed by atoms with van der Waals surface area (Å²) in [6, 6.07) is 0.859. The van der Waals surface area contributed by atoms with Crippen LogP contribution in [0.5, 0.6) is 0 Å². The van der Waals surface area contributed by atoms with E-state index in [-0.39, 0.29) is 0 Å². The second-order valence-corrected chi connectivity index (χ2v) is 23.1. The van der Waals surface area contributed by atoms with E-state index >= 15 is 0 Å². The fourth-order valence-corrected chi connectivity index (χ4v) is 8.20. The molecule has 0 aliphatic heterocycles. The van der Waals surface area contributed by atoms with Crippen molar-refractivity contribution in [2.24, 2.45) is 33.7 Å². The SMILES string of the molecule is CCC1CCCC(CC)C1N=C(CCO[Si](C)(C)C)C(CCO[Si](C)(C)C)=NC1C(CC)CCCC1CC. The molecule has 0 heterocycles. The van der Waals surface area contributed by atoms with Gasteiger partial charge in [0.15, 0.2) is 16.6 Å². The van der Waals surface area contributed by atoms with Crippen molar-refractivity contribution in [3.63, 3.8) is 0 Å². The second kappa shape index (κ2) is 16.2. The van der Waals surface area contributed by atoms with Crippen molar-refractivity contribution in [3.05, 3.63) is 0 Å². The maximum atomic E-state index is 6.42. The number of nitrogens with zero attached hydrogens (tertiary/aromatic N) is 2. The predicted octanol–water partition coefficient (Wildman–Crippen LogP) is 9.56. The van der Waals surface area contributed by atoms with Gasteiger partial charge in [-0.3, -0.25) is 9.98 Å². The van der Waals surface area contributed by atoms with Crippen LogP contribution in [0.2, 0.25) is 39.3 Å². The molecule has 4 nitrogen and oxygen atoms in total. The standard InChI is InChI=1S/C32H64N2O2Si2/c1-11-25-17-15-18-26(12-2)31(25)33-29(21-23-35-37(5,6)7)30(22-24-36-38(8,9)10)34-32-27(13-3)19-16-20-28(32)14-4/h25-28,31-32H,11-24H2,1-10H3. The Hall–Kier alpha value is -0.306. The predicted molar refractivity (Wildman–Crippen MR) is 173 cm³/mol. The van der Waals surface area contributed by atoms with Gasteiger partial charge >= 0.3 is 0 Å². The summed E-state index contributed by atoms with van der Waals surface area (Å²) in [6.07, 6.45) is 14.7. The van der Waals surface area contributed by atoms with Crippen molar-refractivity contribution in [2.75, 3.05) is 13.2 Å². The number of hydrogen-bond donors (Lipinski definition) is 0. The van der Waals surface area contributed by atoms with Crippen LogP contribution in [-0.2, 0) is 8.85 Å². The highest BCUT2D eigenvalue weighted by atomic mass is 28.4. The molecule has 2 saturated carbocycles. The van der Waals surface area contributed by atoms with E-state index in [9.17, 15) is 0 Å². The van der Waals surface area contributed by atoms with Gasteiger partial charge in [-0.05, 0) is 88.6 Å². The van der Waals surface area contributed by atoms with E-state index < -0.39 is 16.6 Å². The van der Waals surface area contributed by atoms with Crippen LogP contribution in [0.15, 0.2) is 9.98 Å². The maximum absolute atomic E-state index is 6.42. The van der Waals surface area contributed by atoms with Crippen molar-refractivity contribution < 1.29 is 8.85 Å². The zero-order valence-electron chi connectivity index (χ0n) is 27.1. The fourth-order valence-electron chi connectivity index (χ4n) is 6.78. The van der Waals surface area contributed by atoms with Crippen molar-refractivity contribution >= 4 is 28.1 Å². The zero-order valence-corrected chi connectivity index (χ0v) is 29.1. The van der Waals surface area contributed by atoms with E-state index in [1.54, 1.807) is 0 Å². The molecule has 6 heteroatoms. The van der Waals surface area contributed by atoms with Gasteiger partial charge in [0.1, 0.15) is 0 Å². The molecule has 222 valence electrons. The Bertz CT molecular complexity index is 655. The molecule has 4 unspecified atom stereocenters. The first kappa shape index (κ1) is 33.9. The van der Waals surface area contributed by atoms with Gasteiger partial charge in [-0.2, -0.15) is 0 Å². The first-order valence-electron chi connectivity index (χ1n) is 16.3. The van der Waals surface area contributed by atoms with Crippen molar-refractivity contribution in [2.45, 2.75) is 156 Å². The van der Waals surface area contributed by atoms with Crippen LogP contribution in [0.1, 0.15) is 105 Å². The Morgan fingerprint density at radius 3 is 1.08 bits per heavy atom. The van der Waals surface area contributed by atoms with Crippen LogP contribution in [0.3, 0.4) is 0 Å². The topological polar surface area (TPSA) is 43.2 Å². The van der Waals surface area contributed by atoms with Gasteiger partial charge in [0, 0.05) is 26.1 Å². The number of rotatable bonds is 15. The van der Waals surface area contributed by atoms with Crippen LogP contribution in [0.4, 0.5) is 0 Å². The third kappa shape index (κ3) is 11.3. The normalized spacial score (nSPS) is 30.1. The lowest BCUT2D eigenvalue weighted by molar-refractivity contribution is 0.210. The molecule has 2 fully saturated rings. The number of aliphatic imine (C=N–C) groups is 2. The van der Waals surface area contributed by atoms with E-state index in [2.05, 4.69) is 67.0 Å². The highest BCUT2D eigenvalue weighted by Gasteiger charge is 2.34. The van der Waals surface area contributed by atoms with Crippen LogP contribution < -0.4 is 0 Å². The Kier molecular flexibility index (Phi) is 14.5. The molecule has 0 radical (unpaired) electrons. The summed E-state index contributed by atoms with van der Waals surface area (Å²) in [5, 5.41) is 0. The molecule has 2 aliphatic rings. The molecule has 4 atom stereocenters. The van der Waals surface area contributed by atoms with Crippen LogP contribution in [0.25, 0.3) is 0 Å². The molecule has 38 heavy (non-hydrogen) atoms. The molecule has 2 aliphatic carbocycles. The summed E-state index contributed by atoms with van der Waals surface area (Å²) in [6.45, 7) is 24.8. The average molecular weight is 565 g/mol. The van der Waals surface area contributed by atoms with Crippen LogP contribution in [-0.4, -0.2) is 53.4 Å². The van der Waals surface area contributed by atoms with Crippen molar-refractivity contribution in [1.29, 1.82) is 0 Å². The summed E-state index contributed by atoms with van der Waals surface area (Å²) < 4.78 is 12.8. The Balaban J connectivity index is 2.53. The second-order valence-electron chi connectivity index (χ2n) is 14.1. The van der Waals surface area contributed by atoms with Gasteiger partial charge in [0.05, 0.1) is 23.5 Å². The van der Waals surface area contributed by atoms with Gasteiger partial charge in [-0.1, -0.05) is 66.2 Å². The third-order valence-electron chi connectivity index (χ3n) is 9.02. The Morgan fingerprint density at radius 1 is 0.553 bits per heavy atom. The Morgan fingerprint density at radius 2 is 0.842 bits per heavy atom. The quantitative estimate of drug-likeness (QED) is 0.147. The lowest BCUT2D eigenvalue weighted by Crippen LogP contribution is -2.37. The lowest BCUT2D eigenvalue weighted by atomic mass is 9.74. The molecule has 0 aromatic carbocycles. The molecule has 2 rings (SSSR count). The molecular weight excluding hydrogens is 501 g/mol. The minimum absolute atomic E-state index is 0.430. The summed E-state index contributed by atoms with van der Waals surface area (Å²) in [7, 11) is -3.18. The minimum atomic E-state index is -1.59. The van der Waals surface area contributed by atoms with E-state index in [1.807, 2.05) is 0 Å². The molecule has 0 bridgehead atoms. The summed E-state index contributed by atoms with van der Waals surface area (Å²) in [5.41, 5.74) is 2.50. The molecule has 0 saturated heterocycles.